The van der Waals surface area contributed by atoms with Gasteiger partial charge in [0, 0.05) is 26.2 Å². The van der Waals surface area contributed by atoms with Crippen LogP contribution in [0.3, 0.4) is 0 Å². The number of nitrogens with zero attached hydrogens (tertiary/aromatic N) is 2. The molecule has 1 fully saturated rings. The van der Waals surface area contributed by atoms with Gasteiger partial charge >= 0.3 is 0 Å². The van der Waals surface area contributed by atoms with E-state index in [1.807, 2.05) is 5.38 Å². The number of carbonyl (C=O) groups is 3. The van der Waals surface area contributed by atoms with E-state index in [1.54, 1.807) is 52.7 Å². The summed E-state index contributed by atoms with van der Waals surface area (Å²) in [6, 6.07) is 14.4. The molecule has 0 spiro atoms. The molecule has 4 rings (SSSR count). The summed E-state index contributed by atoms with van der Waals surface area (Å²) >= 11 is 2.50. The van der Waals surface area contributed by atoms with Gasteiger partial charge in [-0.3, -0.25) is 14.4 Å². The minimum Gasteiger partial charge on any atom is -0.336 e. The van der Waals surface area contributed by atoms with Crippen molar-refractivity contribution in [3.63, 3.8) is 0 Å². The second-order valence-electron chi connectivity index (χ2n) is 7.28. The van der Waals surface area contributed by atoms with E-state index >= 15 is 0 Å². The highest BCUT2D eigenvalue weighted by atomic mass is 32.2. The summed E-state index contributed by atoms with van der Waals surface area (Å²) in [6.45, 7) is 0.899. The summed E-state index contributed by atoms with van der Waals surface area (Å²) in [4.78, 5) is 42.5. The monoisotopic (exact) mass is 503 g/mol. The molecule has 3 heterocycles. The second-order valence-corrected chi connectivity index (χ2v) is 11.2. The molecule has 0 aliphatic carbocycles. The van der Waals surface area contributed by atoms with Crippen LogP contribution < -0.4 is 5.32 Å². The van der Waals surface area contributed by atoms with Crippen LogP contribution in [-0.4, -0.2) is 67.5 Å². The molecule has 33 heavy (non-hydrogen) atoms. The highest BCUT2D eigenvalue weighted by Crippen LogP contribution is 2.20. The van der Waals surface area contributed by atoms with Crippen LogP contribution in [0.4, 0.5) is 0 Å². The zero-order chi connectivity index (χ0) is 23.4. The smallest absolute Gasteiger partial charge is 0.264 e. The number of amides is 3. The second kappa shape index (κ2) is 9.86. The number of hydrogen-bond donors (Lipinski definition) is 1. The number of carbonyl (C=O) groups excluding carboxylic acids is 3. The summed E-state index contributed by atoms with van der Waals surface area (Å²) in [6.07, 6.45) is 0. The van der Waals surface area contributed by atoms with Crippen LogP contribution in [0, 0.1) is 0 Å². The number of nitrogens with one attached hydrogen (secondary N) is 1. The van der Waals surface area contributed by atoms with E-state index in [9.17, 15) is 22.8 Å². The summed E-state index contributed by atoms with van der Waals surface area (Å²) in [7, 11) is -4.20. The van der Waals surface area contributed by atoms with Crippen LogP contribution in [0.15, 0.2) is 70.3 Å². The van der Waals surface area contributed by atoms with Crippen LogP contribution in [-0.2, 0) is 14.6 Å². The molecule has 0 radical (unpaired) electrons. The molecule has 1 aliphatic heterocycles. The van der Waals surface area contributed by atoms with Crippen molar-refractivity contribution in [3.8, 4) is 0 Å². The lowest BCUT2D eigenvalue weighted by atomic mass is 10.3. The number of rotatable bonds is 6. The van der Waals surface area contributed by atoms with Crippen molar-refractivity contribution in [1.82, 2.24) is 15.1 Å². The average molecular weight is 504 g/mol. The van der Waals surface area contributed by atoms with E-state index in [-0.39, 0.29) is 37.0 Å². The fourth-order valence-electron chi connectivity index (χ4n) is 3.47. The molecule has 3 amide bonds. The van der Waals surface area contributed by atoms with Gasteiger partial charge in [0.05, 0.1) is 14.6 Å². The van der Waals surface area contributed by atoms with Crippen molar-refractivity contribution in [2.75, 3.05) is 26.2 Å². The number of piperazine rings is 1. The van der Waals surface area contributed by atoms with Crippen molar-refractivity contribution in [3.05, 3.63) is 75.1 Å². The Morgan fingerprint density at radius 3 is 1.94 bits per heavy atom. The van der Waals surface area contributed by atoms with Crippen molar-refractivity contribution in [2.45, 2.75) is 10.3 Å². The lowest BCUT2D eigenvalue weighted by molar-refractivity contribution is -0.132. The first-order valence-electron chi connectivity index (χ1n) is 10.1. The SMILES string of the molecule is O=C(NC(C(=O)N1CCN(C(=O)c2cccs2)CC1)S(=O)(=O)c1ccccc1)c1cccs1. The normalized spacial score (nSPS) is 15.2. The minimum absolute atomic E-state index is 0.0543. The van der Waals surface area contributed by atoms with Crippen molar-refractivity contribution < 1.29 is 22.8 Å². The first kappa shape index (κ1) is 23.1. The lowest BCUT2D eigenvalue weighted by Gasteiger charge is -2.36. The largest absolute Gasteiger partial charge is 0.336 e. The van der Waals surface area contributed by atoms with Crippen LogP contribution in [0.1, 0.15) is 19.3 Å². The summed E-state index contributed by atoms with van der Waals surface area (Å²) in [5, 5.41) is 4.17. The van der Waals surface area contributed by atoms with Crippen molar-refractivity contribution in [2.24, 2.45) is 0 Å². The molecular weight excluding hydrogens is 482 g/mol. The molecule has 1 N–H and O–H groups in total. The van der Waals surface area contributed by atoms with Crippen molar-refractivity contribution >= 4 is 50.2 Å². The molecule has 1 aromatic carbocycles. The Labute approximate surface area is 199 Å². The van der Waals surface area contributed by atoms with Gasteiger partial charge in [0.25, 0.3) is 17.7 Å². The van der Waals surface area contributed by atoms with Gasteiger partial charge in [-0.05, 0) is 35.0 Å². The van der Waals surface area contributed by atoms with E-state index in [1.165, 1.54) is 28.4 Å². The van der Waals surface area contributed by atoms with Gasteiger partial charge < -0.3 is 15.1 Å². The summed E-state index contributed by atoms with van der Waals surface area (Å²) in [5.74, 6) is -1.46. The highest BCUT2D eigenvalue weighted by molar-refractivity contribution is 7.92. The molecule has 11 heteroatoms. The first-order chi connectivity index (χ1) is 15.9. The maximum atomic E-state index is 13.4. The van der Waals surface area contributed by atoms with Gasteiger partial charge in [-0.15, -0.1) is 22.7 Å². The van der Waals surface area contributed by atoms with E-state index < -0.39 is 27.0 Å². The Morgan fingerprint density at radius 2 is 1.36 bits per heavy atom. The summed E-state index contributed by atoms with van der Waals surface area (Å²) < 4.78 is 26.7. The molecule has 8 nitrogen and oxygen atoms in total. The third kappa shape index (κ3) is 5.00. The molecule has 1 aliphatic rings. The van der Waals surface area contributed by atoms with Gasteiger partial charge in [0.2, 0.25) is 15.2 Å². The molecular formula is C22H21N3O5S3. The zero-order valence-corrected chi connectivity index (χ0v) is 19.9. The van der Waals surface area contributed by atoms with Gasteiger partial charge in [0.1, 0.15) is 0 Å². The molecule has 2 aromatic heterocycles. The van der Waals surface area contributed by atoms with E-state index in [2.05, 4.69) is 5.32 Å². The van der Waals surface area contributed by atoms with Crippen LogP contribution in [0.2, 0.25) is 0 Å². The van der Waals surface area contributed by atoms with E-state index in [0.717, 1.165) is 11.3 Å². The van der Waals surface area contributed by atoms with Gasteiger partial charge in [-0.1, -0.05) is 30.3 Å². The highest BCUT2D eigenvalue weighted by Gasteiger charge is 2.39. The predicted octanol–water partition coefficient (Wildman–Crippen LogP) is 2.32. The molecule has 3 aromatic rings. The topological polar surface area (TPSA) is 104 Å². The van der Waals surface area contributed by atoms with Crippen LogP contribution >= 0.6 is 22.7 Å². The maximum Gasteiger partial charge on any atom is 0.264 e. The van der Waals surface area contributed by atoms with Crippen LogP contribution in [0.5, 0.6) is 0 Å². The number of hydrogen-bond acceptors (Lipinski definition) is 7. The fraction of sp³-hybridized carbons (Fsp3) is 0.227. The lowest BCUT2D eigenvalue weighted by Crippen LogP contribution is -2.57. The third-order valence-electron chi connectivity index (χ3n) is 5.22. The number of thiophene rings is 2. The first-order valence-corrected chi connectivity index (χ1v) is 13.4. The number of sulfone groups is 1. The minimum atomic E-state index is -4.20. The quantitative estimate of drug-likeness (QED) is 0.556. The molecule has 0 saturated carbocycles. The van der Waals surface area contributed by atoms with Crippen molar-refractivity contribution in [1.29, 1.82) is 0 Å². The Hall–Kier alpha value is -3.02. The Balaban J connectivity index is 1.53. The van der Waals surface area contributed by atoms with E-state index in [0.29, 0.717) is 9.75 Å². The van der Waals surface area contributed by atoms with Gasteiger partial charge in [-0.25, -0.2) is 8.42 Å². The summed E-state index contributed by atoms with van der Waals surface area (Å²) in [5.41, 5.74) is 0. The predicted molar refractivity (Wildman–Crippen MR) is 126 cm³/mol. The van der Waals surface area contributed by atoms with E-state index in [4.69, 9.17) is 0 Å². The molecule has 0 bridgehead atoms. The fourth-order valence-corrected chi connectivity index (χ4v) is 6.27. The van der Waals surface area contributed by atoms with Gasteiger partial charge in [-0.2, -0.15) is 0 Å². The number of benzene rings is 1. The van der Waals surface area contributed by atoms with Gasteiger partial charge in [0.15, 0.2) is 0 Å². The van der Waals surface area contributed by atoms with Crippen LogP contribution in [0.25, 0.3) is 0 Å². The molecule has 172 valence electrons. The average Bonchev–Trinajstić information content (AvgIpc) is 3.57. The Morgan fingerprint density at radius 1 is 0.788 bits per heavy atom. The maximum absolute atomic E-state index is 13.4. The standard InChI is InChI=1S/C22H21N3O5S3/c26-19(17-8-4-14-31-17)23-20(33(29,30)16-6-2-1-3-7-16)22(28)25-12-10-24(11-13-25)21(27)18-9-5-15-32-18/h1-9,14-15,20H,10-13H2,(H,23,26). The Kier molecular flexibility index (Phi) is 6.91. The third-order valence-corrected chi connectivity index (χ3v) is 8.82. The molecule has 1 atom stereocenters. The Bertz CT molecular complexity index is 1220. The molecule has 1 unspecified atom stereocenters. The molecule has 1 saturated heterocycles. The zero-order valence-electron chi connectivity index (χ0n) is 17.4.